The lowest BCUT2D eigenvalue weighted by molar-refractivity contribution is 0.0941. The molecular weight excluding hydrogens is 382 g/mol. The molecule has 0 radical (unpaired) electrons. The Bertz CT molecular complexity index is 982. The van der Waals surface area contributed by atoms with E-state index in [0.29, 0.717) is 17.8 Å². The quantitative estimate of drug-likeness (QED) is 0.596. The third kappa shape index (κ3) is 5.27. The van der Waals surface area contributed by atoms with Crippen LogP contribution in [0, 0.1) is 0 Å². The fourth-order valence-electron chi connectivity index (χ4n) is 3.04. The molecule has 1 atom stereocenters. The van der Waals surface area contributed by atoms with Gasteiger partial charge in [0.2, 0.25) is 0 Å². The third-order valence-corrected chi connectivity index (χ3v) is 4.71. The van der Waals surface area contributed by atoms with E-state index in [4.69, 9.17) is 9.15 Å². The number of ether oxygens (including phenoxy) is 1. The fourth-order valence-corrected chi connectivity index (χ4v) is 3.04. The van der Waals surface area contributed by atoms with Crippen LogP contribution in [0.25, 0.3) is 0 Å². The second-order valence-corrected chi connectivity index (χ2v) is 6.97. The highest BCUT2D eigenvalue weighted by atomic mass is 16.5. The lowest BCUT2D eigenvalue weighted by atomic mass is 10.1. The Morgan fingerprint density at radius 2 is 1.80 bits per heavy atom. The molecule has 1 heterocycles. The van der Waals surface area contributed by atoms with E-state index in [1.165, 1.54) is 6.26 Å². The molecular formula is C23H25N3O4. The molecule has 0 aliphatic heterocycles. The number of carbonyl (C=O) groups is 2. The summed E-state index contributed by atoms with van der Waals surface area (Å²) >= 11 is 0. The Balaban J connectivity index is 1.61. The maximum atomic E-state index is 12.6. The van der Waals surface area contributed by atoms with Gasteiger partial charge in [-0.2, -0.15) is 0 Å². The van der Waals surface area contributed by atoms with Crippen molar-refractivity contribution in [2.45, 2.75) is 6.04 Å². The summed E-state index contributed by atoms with van der Waals surface area (Å²) in [5, 5.41) is 5.70. The molecule has 0 spiro atoms. The van der Waals surface area contributed by atoms with Crippen LogP contribution >= 0.6 is 0 Å². The van der Waals surface area contributed by atoms with E-state index in [1.807, 2.05) is 43.3 Å². The van der Waals surface area contributed by atoms with Crippen LogP contribution in [-0.4, -0.2) is 44.5 Å². The number of benzene rings is 2. The zero-order valence-electron chi connectivity index (χ0n) is 17.2. The molecule has 156 valence electrons. The van der Waals surface area contributed by atoms with Crippen molar-refractivity contribution in [2.24, 2.45) is 0 Å². The topological polar surface area (TPSA) is 83.8 Å². The van der Waals surface area contributed by atoms with Gasteiger partial charge in [0.15, 0.2) is 5.76 Å². The highest BCUT2D eigenvalue weighted by Crippen LogP contribution is 2.22. The predicted octanol–water partition coefficient (Wildman–Crippen LogP) is 3.57. The van der Waals surface area contributed by atoms with Gasteiger partial charge in [-0.15, -0.1) is 0 Å². The second kappa shape index (κ2) is 9.76. The Morgan fingerprint density at radius 3 is 2.43 bits per heavy atom. The fraction of sp³-hybridized carbons (Fsp3) is 0.217. The second-order valence-electron chi connectivity index (χ2n) is 6.97. The van der Waals surface area contributed by atoms with Crippen molar-refractivity contribution in [1.82, 2.24) is 10.2 Å². The Labute approximate surface area is 175 Å². The molecule has 3 rings (SSSR count). The van der Waals surface area contributed by atoms with Crippen molar-refractivity contribution in [3.8, 4) is 5.75 Å². The predicted molar refractivity (Wildman–Crippen MR) is 115 cm³/mol. The number of likely N-dealkylation sites (N-methyl/N-ethyl adjacent to an activating group) is 1. The van der Waals surface area contributed by atoms with Gasteiger partial charge in [-0.05, 0) is 68.2 Å². The van der Waals surface area contributed by atoms with E-state index in [0.717, 1.165) is 11.3 Å². The monoisotopic (exact) mass is 407 g/mol. The Morgan fingerprint density at radius 1 is 1.03 bits per heavy atom. The zero-order valence-corrected chi connectivity index (χ0v) is 17.2. The molecule has 0 saturated heterocycles. The van der Waals surface area contributed by atoms with Crippen molar-refractivity contribution in [2.75, 3.05) is 33.1 Å². The lowest BCUT2D eigenvalue weighted by Crippen LogP contribution is -2.34. The molecule has 0 aliphatic carbocycles. The van der Waals surface area contributed by atoms with Gasteiger partial charge in [-0.3, -0.25) is 9.59 Å². The Kier molecular flexibility index (Phi) is 6.87. The summed E-state index contributed by atoms with van der Waals surface area (Å²) in [6.45, 7) is 0.440. The SMILES string of the molecule is COc1cccc([C@@H](CNC(=O)c2ccc(NC(=O)c3ccco3)cc2)N(C)C)c1. The summed E-state index contributed by atoms with van der Waals surface area (Å²) in [7, 11) is 5.56. The van der Waals surface area contributed by atoms with Crippen LogP contribution in [0.3, 0.4) is 0 Å². The average Bonchev–Trinajstić information content (AvgIpc) is 3.29. The van der Waals surface area contributed by atoms with E-state index >= 15 is 0 Å². The molecule has 2 amide bonds. The van der Waals surface area contributed by atoms with E-state index < -0.39 is 0 Å². The molecule has 2 N–H and O–H groups in total. The summed E-state index contributed by atoms with van der Waals surface area (Å²) in [6, 6.07) is 17.7. The van der Waals surface area contributed by atoms with Gasteiger partial charge < -0.3 is 24.7 Å². The van der Waals surface area contributed by atoms with Gasteiger partial charge in [-0.1, -0.05) is 12.1 Å². The van der Waals surface area contributed by atoms with E-state index in [-0.39, 0.29) is 23.6 Å². The first-order valence-corrected chi connectivity index (χ1v) is 9.51. The maximum Gasteiger partial charge on any atom is 0.291 e. The zero-order chi connectivity index (χ0) is 21.5. The highest BCUT2D eigenvalue weighted by molar-refractivity contribution is 6.02. The van der Waals surface area contributed by atoms with Crippen LogP contribution in [0.4, 0.5) is 5.69 Å². The highest BCUT2D eigenvalue weighted by Gasteiger charge is 2.17. The molecule has 7 heteroatoms. The van der Waals surface area contributed by atoms with Crippen LogP contribution in [-0.2, 0) is 0 Å². The largest absolute Gasteiger partial charge is 0.497 e. The summed E-state index contributed by atoms with van der Waals surface area (Å²) in [5.74, 6) is 0.472. The van der Waals surface area contributed by atoms with Crippen molar-refractivity contribution in [1.29, 1.82) is 0 Å². The summed E-state index contributed by atoms with van der Waals surface area (Å²) < 4.78 is 10.4. The van der Waals surface area contributed by atoms with Gasteiger partial charge in [0.25, 0.3) is 11.8 Å². The number of hydrogen-bond acceptors (Lipinski definition) is 5. The summed E-state index contributed by atoms with van der Waals surface area (Å²) in [5.41, 5.74) is 2.14. The van der Waals surface area contributed by atoms with Crippen molar-refractivity contribution < 1.29 is 18.7 Å². The minimum Gasteiger partial charge on any atom is -0.497 e. The number of nitrogens with one attached hydrogen (secondary N) is 2. The number of nitrogens with zero attached hydrogens (tertiary/aromatic N) is 1. The summed E-state index contributed by atoms with van der Waals surface area (Å²) in [4.78, 5) is 26.7. The first kappa shape index (κ1) is 21.1. The molecule has 0 unspecified atom stereocenters. The van der Waals surface area contributed by atoms with E-state index in [1.54, 1.807) is 43.5 Å². The molecule has 7 nitrogen and oxygen atoms in total. The molecule has 0 bridgehead atoms. The molecule has 0 fully saturated rings. The van der Waals surface area contributed by atoms with Crippen LogP contribution in [0.15, 0.2) is 71.3 Å². The van der Waals surface area contributed by atoms with Gasteiger partial charge in [-0.25, -0.2) is 0 Å². The van der Waals surface area contributed by atoms with Gasteiger partial charge in [0.05, 0.1) is 19.4 Å². The smallest absolute Gasteiger partial charge is 0.291 e. The minimum atomic E-state index is -0.343. The van der Waals surface area contributed by atoms with Crippen molar-refractivity contribution in [3.05, 3.63) is 83.8 Å². The molecule has 0 saturated carbocycles. The molecule has 3 aromatic rings. The third-order valence-electron chi connectivity index (χ3n) is 4.71. The lowest BCUT2D eigenvalue weighted by Gasteiger charge is -2.25. The molecule has 0 aliphatic rings. The van der Waals surface area contributed by atoms with Gasteiger partial charge >= 0.3 is 0 Å². The van der Waals surface area contributed by atoms with Crippen LogP contribution in [0.5, 0.6) is 5.75 Å². The first-order chi connectivity index (χ1) is 14.5. The number of rotatable bonds is 8. The van der Waals surface area contributed by atoms with E-state index in [2.05, 4.69) is 10.6 Å². The number of anilines is 1. The minimum absolute atomic E-state index is 0.00379. The van der Waals surface area contributed by atoms with Gasteiger partial charge in [0, 0.05) is 17.8 Å². The number of methoxy groups -OCH3 is 1. The van der Waals surface area contributed by atoms with Crippen LogP contribution in [0.2, 0.25) is 0 Å². The van der Waals surface area contributed by atoms with E-state index in [9.17, 15) is 9.59 Å². The number of amides is 2. The maximum absolute atomic E-state index is 12.6. The number of hydrogen-bond donors (Lipinski definition) is 2. The van der Waals surface area contributed by atoms with Gasteiger partial charge in [0.1, 0.15) is 5.75 Å². The Hall–Kier alpha value is -3.58. The summed E-state index contributed by atoms with van der Waals surface area (Å²) in [6.07, 6.45) is 1.44. The molecule has 2 aromatic carbocycles. The number of carbonyl (C=O) groups excluding carboxylic acids is 2. The van der Waals surface area contributed by atoms with Crippen molar-refractivity contribution >= 4 is 17.5 Å². The standard InChI is InChI=1S/C23H25N3O4/c1-26(2)20(17-6-4-7-19(14-17)29-3)15-24-22(27)16-9-11-18(12-10-16)25-23(28)21-8-5-13-30-21/h4-14,20H,15H2,1-3H3,(H,24,27)(H,25,28)/t20-/m1/s1. The molecule has 30 heavy (non-hydrogen) atoms. The first-order valence-electron chi connectivity index (χ1n) is 9.51. The van der Waals surface area contributed by atoms with Crippen LogP contribution in [0.1, 0.15) is 32.5 Å². The van der Waals surface area contributed by atoms with Crippen LogP contribution < -0.4 is 15.4 Å². The van der Waals surface area contributed by atoms with Crippen molar-refractivity contribution in [3.63, 3.8) is 0 Å². The average molecular weight is 407 g/mol. The molecule has 1 aromatic heterocycles. The number of furan rings is 1. The normalized spacial score (nSPS) is 11.7.